The molecule has 1 aromatic carbocycles. The SMILES string of the molecule is Cn1cc(-c2cc3c(cc2Br)OCO3)cn1. The number of hydrogen-bond acceptors (Lipinski definition) is 3. The smallest absolute Gasteiger partial charge is 0.231 e. The van der Waals surface area contributed by atoms with Gasteiger partial charge in [0.25, 0.3) is 0 Å². The first-order chi connectivity index (χ1) is 7.74. The normalized spacial score (nSPS) is 13.1. The second-order valence-electron chi connectivity index (χ2n) is 3.59. The van der Waals surface area contributed by atoms with Gasteiger partial charge in [-0.05, 0) is 12.1 Å². The minimum absolute atomic E-state index is 0.290. The molecular weight excluding hydrogens is 272 g/mol. The summed E-state index contributed by atoms with van der Waals surface area (Å²) in [6.07, 6.45) is 3.78. The highest BCUT2D eigenvalue weighted by molar-refractivity contribution is 9.10. The lowest BCUT2D eigenvalue weighted by molar-refractivity contribution is 0.174. The van der Waals surface area contributed by atoms with E-state index in [2.05, 4.69) is 21.0 Å². The van der Waals surface area contributed by atoms with Crippen LogP contribution in [0, 0.1) is 0 Å². The van der Waals surface area contributed by atoms with Gasteiger partial charge in [-0.2, -0.15) is 5.10 Å². The lowest BCUT2D eigenvalue weighted by Crippen LogP contribution is -1.92. The van der Waals surface area contributed by atoms with Gasteiger partial charge in [0, 0.05) is 28.8 Å². The predicted octanol–water partition coefficient (Wildman–Crippen LogP) is 2.58. The summed E-state index contributed by atoms with van der Waals surface area (Å²) >= 11 is 3.52. The summed E-state index contributed by atoms with van der Waals surface area (Å²) in [5, 5.41) is 4.15. The molecule has 2 heterocycles. The molecule has 1 aliphatic rings. The Morgan fingerprint density at radius 2 is 2.06 bits per heavy atom. The Morgan fingerprint density at radius 1 is 1.31 bits per heavy atom. The van der Waals surface area contributed by atoms with Crippen molar-refractivity contribution in [2.24, 2.45) is 7.05 Å². The number of halogens is 1. The van der Waals surface area contributed by atoms with Crippen molar-refractivity contribution in [3.8, 4) is 22.6 Å². The van der Waals surface area contributed by atoms with E-state index < -0.39 is 0 Å². The van der Waals surface area contributed by atoms with Crippen LogP contribution in [-0.4, -0.2) is 16.6 Å². The Balaban J connectivity index is 2.14. The van der Waals surface area contributed by atoms with Gasteiger partial charge in [-0.1, -0.05) is 15.9 Å². The van der Waals surface area contributed by atoms with E-state index >= 15 is 0 Å². The highest BCUT2D eigenvalue weighted by atomic mass is 79.9. The number of hydrogen-bond donors (Lipinski definition) is 0. The minimum Gasteiger partial charge on any atom is -0.454 e. The Bertz CT molecular complexity index is 551. The molecule has 0 aliphatic carbocycles. The fourth-order valence-corrected chi connectivity index (χ4v) is 2.25. The van der Waals surface area contributed by atoms with Crippen LogP contribution < -0.4 is 9.47 Å². The third kappa shape index (κ3) is 1.48. The monoisotopic (exact) mass is 280 g/mol. The molecule has 1 aromatic heterocycles. The maximum absolute atomic E-state index is 5.35. The third-order valence-corrected chi connectivity index (χ3v) is 3.13. The molecule has 3 rings (SSSR count). The van der Waals surface area contributed by atoms with Gasteiger partial charge in [-0.25, -0.2) is 0 Å². The third-order valence-electron chi connectivity index (χ3n) is 2.48. The van der Waals surface area contributed by atoms with Gasteiger partial charge < -0.3 is 9.47 Å². The van der Waals surface area contributed by atoms with Crippen LogP contribution in [0.1, 0.15) is 0 Å². The van der Waals surface area contributed by atoms with Crippen molar-refractivity contribution in [3.05, 3.63) is 29.0 Å². The van der Waals surface area contributed by atoms with Crippen LogP contribution >= 0.6 is 15.9 Å². The van der Waals surface area contributed by atoms with Crippen LogP contribution in [-0.2, 0) is 7.05 Å². The minimum atomic E-state index is 0.290. The first kappa shape index (κ1) is 9.72. The second kappa shape index (κ2) is 3.52. The van der Waals surface area contributed by atoms with Crippen molar-refractivity contribution in [1.82, 2.24) is 9.78 Å². The highest BCUT2D eigenvalue weighted by Crippen LogP contribution is 2.40. The maximum Gasteiger partial charge on any atom is 0.231 e. The molecule has 0 saturated heterocycles. The van der Waals surface area contributed by atoms with Gasteiger partial charge in [0.1, 0.15) is 0 Å². The van der Waals surface area contributed by atoms with Crippen molar-refractivity contribution in [2.75, 3.05) is 6.79 Å². The summed E-state index contributed by atoms with van der Waals surface area (Å²) in [5.74, 6) is 1.56. The van der Waals surface area contributed by atoms with Crippen molar-refractivity contribution in [2.45, 2.75) is 0 Å². The number of fused-ring (bicyclic) bond motifs is 1. The fraction of sp³-hybridized carbons (Fsp3) is 0.182. The topological polar surface area (TPSA) is 36.3 Å². The molecular formula is C11H9BrN2O2. The van der Waals surface area contributed by atoms with Crippen molar-refractivity contribution >= 4 is 15.9 Å². The largest absolute Gasteiger partial charge is 0.454 e. The lowest BCUT2D eigenvalue weighted by atomic mass is 10.1. The first-order valence-electron chi connectivity index (χ1n) is 4.82. The second-order valence-corrected chi connectivity index (χ2v) is 4.44. The van der Waals surface area contributed by atoms with E-state index in [4.69, 9.17) is 9.47 Å². The molecule has 0 unspecified atom stereocenters. The summed E-state index contributed by atoms with van der Waals surface area (Å²) in [6, 6.07) is 3.88. The molecule has 0 saturated carbocycles. The fourth-order valence-electron chi connectivity index (χ4n) is 1.70. The number of aryl methyl sites for hydroxylation is 1. The van der Waals surface area contributed by atoms with Crippen LogP contribution in [0.5, 0.6) is 11.5 Å². The van der Waals surface area contributed by atoms with Gasteiger partial charge in [0.05, 0.1) is 6.20 Å². The first-order valence-corrected chi connectivity index (χ1v) is 5.61. The molecule has 16 heavy (non-hydrogen) atoms. The molecule has 1 aliphatic heterocycles. The molecule has 0 amide bonds. The van der Waals surface area contributed by atoms with Crippen molar-refractivity contribution in [3.63, 3.8) is 0 Å². The Hall–Kier alpha value is -1.49. The summed E-state index contributed by atoms with van der Waals surface area (Å²) in [7, 11) is 1.89. The zero-order chi connectivity index (χ0) is 11.1. The summed E-state index contributed by atoms with van der Waals surface area (Å²) in [5.41, 5.74) is 2.10. The zero-order valence-corrected chi connectivity index (χ0v) is 10.2. The summed E-state index contributed by atoms with van der Waals surface area (Å²) < 4.78 is 13.4. The predicted molar refractivity (Wildman–Crippen MR) is 62.5 cm³/mol. The molecule has 0 N–H and O–H groups in total. The molecule has 0 radical (unpaired) electrons. The Labute approximate surface area is 101 Å². The molecule has 0 spiro atoms. The van der Waals surface area contributed by atoms with Gasteiger partial charge in [0.2, 0.25) is 6.79 Å². The van der Waals surface area contributed by atoms with E-state index in [1.54, 1.807) is 4.68 Å². The highest BCUT2D eigenvalue weighted by Gasteiger charge is 2.17. The maximum atomic E-state index is 5.35. The van der Waals surface area contributed by atoms with E-state index in [1.165, 1.54) is 0 Å². The number of nitrogens with zero attached hydrogens (tertiary/aromatic N) is 2. The van der Waals surface area contributed by atoms with Gasteiger partial charge >= 0.3 is 0 Å². The summed E-state index contributed by atoms with van der Waals surface area (Å²) in [4.78, 5) is 0. The molecule has 0 bridgehead atoms. The van der Waals surface area contributed by atoms with E-state index in [0.717, 1.165) is 27.1 Å². The van der Waals surface area contributed by atoms with Crippen LogP contribution in [0.25, 0.3) is 11.1 Å². The molecule has 4 nitrogen and oxygen atoms in total. The lowest BCUT2D eigenvalue weighted by Gasteiger charge is -2.03. The van der Waals surface area contributed by atoms with Crippen molar-refractivity contribution < 1.29 is 9.47 Å². The quantitative estimate of drug-likeness (QED) is 0.806. The van der Waals surface area contributed by atoms with E-state index in [-0.39, 0.29) is 6.79 Å². The number of ether oxygens (including phenoxy) is 2. The molecule has 5 heteroatoms. The van der Waals surface area contributed by atoms with E-state index in [1.807, 2.05) is 31.6 Å². The standard InChI is InChI=1S/C11H9BrN2O2/c1-14-5-7(4-13-14)8-2-10-11(3-9(8)12)16-6-15-10/h2-5H,6H2,1H3. The summed E-state index contributed by atoms with van der Waals surface area (Å²) in [6.45, 7) is 0.290. The molecule has 2 aromatic rings. The number of benzene rings is 1. The van der Waals surface area contributed by atoms with Crippen LogP contribution in [0.3, 0.4) is 0 Å². The Kier molecular flexibility index (Phi) is 2.14. The van der Waals surface area contributed by atoms with Gasteiger partial charge in [0.15, 0.2) is 11.5 Å². The van der Waals surface area contributed by atoms with E-state index in [0.29, 0.717) is 0 Å². The van der Waals surface area contributed by atoms with E-state index in [9.17, 15) is 0 Å². The van der Waals surface area contributed by atoms with Gasteiger partial charge in [-0.15, -0.1) is 0 Å². The molecule has 0 fully saturated rings. The number of rotatable bonds is 1. The van der Waals surface area contributed by atoms with Crippen LogP contribution in [0.15, 0.2) is 29.0 Å². The van der Waals surface area contributed by atoms with Crippen LogP contribution in [0.2, 0.25) is 0 Å². The Morgan fingerprint density at radius 3 is 2.75 bits per heavy atom. The average Bonchev–Trinajstić information content (AvgIpc) is 2.84. The average molecular weight is 281 g/mol. The van der Waals surface area contributed by atoms with Gasteiger partial charge in [-0.3, -0.25) is 4.68 Å². The number of aromatic nitrogens is 2. The molecule has 0 atom stereocenters. The molecule has 82 valence electrons. The zero-order valence-electron chi connectivity index (χ0n) is 8.61. The van der Waals surface area contributed by atoms with Crippen LogP contribution in [0.4, 0.5) is 0 Å². The van der Waals surface area contributed by atoms with Crippen molar-refractivity contribution in [1.29, 1.82) is 0 Å².